The fourth-order valence-electron chi connectivity index (χ4n) is 0.845. The van der Waals surface area contributed by atoms with Crippen molar-refractivity contribution in [2.45, 2.75) is 46.5 Å². The van der Waals surface area contributed by atoms with Crippen molar-refractivity contribution in [2.24, 2.45) is 5.41 Å². The number of hydrogen-bond donors (Lipinski definition) is 0. The van der Waals surface area contributed by atoms with Gasteiger partial charge in [0.15, 0.2) is 0 Å². The Morgan fingerprint density at radius 1 is 1.20 bits per heavy atom. The van der Waals surface area contributed by atoms with Gasteiger partial charge in [0.25, 0.3) is 0 Å². The minimum absolute atomic E-state index is 0.139. The zero-order valence-corrected chi connectivity index (χ0v) is 11.9. The van der Waals surface area contributed by atoms with Crippen LogP contribution < -0.4 is 0 Å². The van der Waals surface area contributed by atoms with Crippen molar-refractivity contribution in [1.82, 2.24) is 0 Å². The Balaban J connectivity index is 3.77. The molecule has 0 aromatic carbocycles. The highest BCUT2D eigenvalue weighted by atomic mass is 28.3. The van der Waals surface area contributed by atoms with E-state index in [1.54, 1.807) is 0 Å². The molecular weight excluding hydrogens is 204 g/mol. The van der Waals surface area contributed by atoms with Crippen LogP contribution in [0.4, 0.5) is 0 Å². The zero-order valence-electron chi connectivity index (χ0n) is 10.9. The van der Waals surface area contributed by atoms with Gasteiger partial charge in [0.05, 0.1) is 5.41 Å². The summed E-state index contributed by atoms with van der Waals surface area (Å²) in [5, 5.41) is 0. The van der Waals surface area contributed by atoms with E-state index >= 15 is 0 Å². The third-order valence-electron chi connectivity index (χ3n) is 1.82. The smallest absolute Gasteiger partial charge is 0.311 e. The summed E-state index contributed by atoms with van der Waals surface area (Å²) in [7, 11) is -0.998. The van der Waals surface area contributed by atoms with E-state index in [1.165, 1.54) is 0 Å². The molecule has 0 heterocycles. The van der Waals surface area contributed by atoms with E-state index in [-0.39, 0.29) is 5.97 Å². The standard InChI is InChI=1S/C12H24O2Si/c1-12(2,3)11(13)14-9-7-8-10-15(4,5)6/h7-8H,9-10H2,1-6H3/b8-7+. The highest BCUT2D eigenvalue weighted by molar-refractivity contribution is 6.76. The molecular formula is C12H24O2Si. The lowest BCUT2D eigenvalue weighted by Gasteiger charge is -2.15. The molecule has 0 rings (SSSR count). The Kier molecular flexibility index (Phi) is 5.28. The Bertz CT molecular complexity index is 231. The lowest BCUT2D eigenvalue weighted by Crippen LogP contribution is -2.23. The van der Waals surface area contributed by atoms with Gasteiger partial charge in [-0.15, -0.1) is 0 Å². The van der Waals surface area contributed by atoms with Gasteiger partial charge in [-0.05, 0) is 26.8 Å². The maximum absolute atomic E-state index is 11.4. The summed E-state index contributed by atoms with van der Waals surface area (Å²) in [4.78, 5) is 11.4. The molecule has 0 amide bonds. The summed E-state index contributed by atoms with van der Waals surface area (Å²) in [6.07, 6.45) is 4.07. The van der Waals surface area contributed by atoms with Gasteiger partial charge in [-0.25, -0.2) is 0 Å². The summed E-state index contributed by atoms with van der Waals surface area (Å²) in [5.74, 6) is -0.139. The van der Waals surface area contributed by atoms with Crippen molar-refractivity contribution in [2.75, 3.05) is 6.61 Å². The molecule has 0 aromatic heterocycles. The maximum Gasteiger partial charge on any atom is 0.311 e. The van der Waals surface area contributed by atoms with Crippen LogP contribution >= 0.6 is 0 Å². The quantitative estimate of drug-likeness (QED) is 0.418. The van der Waals surface area contributed by atoms with Crippen LogP contribution in [-0.2, 0) is 9.53 Å². The minimum Gasteiger partial charge on any atom is -0.461 e. The number of carbonyl (C=O) groups is 1. The number of rotatable bonds is 4. The van der Waals surface area contributed by atoms with Gasteiger partial charge in [-0.3, -0.25) is 4.79 Å². The van der Waals surface area contributed by atoms with E-state index in [0.717, 1.165) is 6.04 Å². The van der Waals surface area contributed by atoms with Gasteiger partial charge in [0, 0.05) is 8.07 Å². The third-order valence-corrected chi connectivity index (χ3v) is 3.28. The van der Waals surface area contributed by atoms with Crippen LogP contribution in [0.1, 0.15) is 20.8 Å². The second-order valence-corrected chi connectivity index (χ2v) is 11.6. The first-order valence-corrected chi connectivity index (χ1v) is 9.16. The van der Waals surface area contributed by atoms with Crippen LogP contribution in [0.3, 0.4) is 0 Å². The molecule has 2 nitrogen and oxygen atoms in total. The maximum atomic E-state index is 11.4. The molecule has 0 N–H and O–H groups in total. The molecule has 0 fully saturated rings. The fraction of sp³-hybridized carbons (Fsp3) is 0.750. The molecule has 0 saturated carbocycles. The molecule has 0 radical (unpaired) electrons. The largest absolute Gasteiger partial charge is 0.461 e. The van der Waals surface area contributed by atoms with Crippen molar-refractivity contribution >= 4 is 14.0 Å². The molecule has 88 valence electrons. The number of carbonyl (C=O) groups excluding carboxylic acids is 1. The fourth-order valence-corrected chi connectivity index (χ4v) is 1.72. The lowest BCUT2D eigenvalue weighted by molar-refractivity contribution is -0.151. The van der Waals surface area contributed by atoms with E-state index in [9.17, 15) is 4.79 Å². The normalized spacial score (nSPS) is 13.2. The van der Waals surface area contributed by atoms with Gasteiger partial charge in [-0.2, -0.15) is 0 Å². The van der Waals surface area contributed by atoms with Crippen LogP contribution in [0.5, 0.6) is 0 Å². The Morgan fingerprint density at radius 2 is 1.73 bits per heavy atom. The summed E-state index contributed by atoms with van der Waals surface area (Å²) in [5.41, 5.74) is -0.396. The molecule has 0 spiro atoms. The molecule has 0 unspecified atom stereocenters. The predicted molar refractivity (Wildman–Crippen MR) is 67.7 cm³/mol. The van der Waals surface area contributed by atoms with Gasteiger partial charge >= 0.3 is 5.97 Å². The molecule has 0 bridgehead atoms. The van der Waals surface area contributed by atoms with Crippen LogP contribution in [0.2, 0.25) is 25.7 Å². The number of ether oxygens (including phenoxy) is 1. The monoisotopic (exact) mass is 228 g/mol. The number of esters is 1. The molecule has 0 aromatic rings. The Hall–Kier alpha value is -0.573. The van der Waals surface area contributed by atoms with Crippen molar-refractivity contribution in [3.63, 3.8) is 0 Å². The van der Waals surface area contributed by atoms with E-state index in [2.05, 4.69) is 25.7 Å². The van der Waals surface area contributed by atoms with E-state index in [4.69, 9.17) is 4.74 Å². The van der Waals surface area contributed by atoms with Gasteiger partial charge in [0.2, 0.25) is 0 Å². The van der Waals surface area contributed by atoms with Crippen LogP contribution in [0.15, 0.2) is 12.2 Å². The Labute approximate surface area is 94.7 Å². The second-order valence-electron chi connectivity index (χ2n) is 6.08. The van der Waals surface area contributed by atoms with Crippen molar-refractivity contribution in [3.05, 3.63) is 12.2 Å². The second kappa shape index (κ2) is 5.49. The van der Waals surface area contributed by atoms with Gasteiger partial charge in [-0.1, -0.05) is 31.8 Å². The van der Waals surface area contributed by atoms with Gasteiger partial charge in [0.1, 0.15) is 6.61 Å². The topological polar surface area (TPSA) is 26.3 Å². The molecule has 0 aliphatic heterocycles. The van der Waals surface area contributed by atoms with Crippen LogP contribution in [0, 0.1) is 5.41 Å². The highest BCUT2D eigenvalue weighted by Crippen LogP contribution is 2.15. The first kappa shape index (κ1) is 14.4. The average Bonchev–Trinajstić information content (AvgIpc) is 1.99. The summed E-state index contributed by atoms with van der Waals surface area (Å²) >= 11 is 0. The highest BCUT2D eigenvalue weighted by Gasteiger charge is 2.22. The minimum atomic E-state index is -0.998. The molecule has 3 heteroatoms. The van der Waals surface area contributed by atoms with Crippen molar-refractivity contribution in [1.29, 1.82) is 0 Å². The van der Waals surface area contributed by atoms with Crippen LogP contribution in [-0.4, -0.2) is 20.7 Å². The first-order valence-electron chi connectivity index (χ1n) is 5.45. The summed E-state index contributed by atoms with van der Waals surface area (Å²) in [6, 6.07) is 1.14. The molecule has 0 atom stereocenters. The van der Waals surface area contributed by atoms with E-state index < -0.39 is 13.5 Å². The average molecular weight is 228 g/mol. The van der Waals surface area contributed by atoms with Gasteiger partial charge < -0.3 is 4.74 Å². The molecule has 0 aliphatic carbocycles. The van der Waals surface area contributed by atoms with Crippen molar-refractivity contribution in [3.8, 4) is 0 Å². The SMILES string of the molecule is CC(C)(C)C(=O)OC/C=C/C[Si](C)(C)C. The molecule has 0 aliphatic rings. The van der Waals surface area contributed by atoms with E-state index in [1.807, 2.05) is 26.8 Å². The van der Waals surface area contributed by atoms with Crippen molar-refractivity contribution < 1.29 is 9.53 Å². The third kappa shape index (κ3) is 8.42. The predicted octanol–water partition coefficient (Wildman–Crippen LogP) is 3.47. The Morgan fingerprint density at radius 3 is 2.13 bits per heavy atom. The number of allylic oxidation sites excluding steroid dienone is 1. The number of hydrogen-bond acceptors (Lipinski definition) is 2. The zero-order chi connectivity index (χ0) is 12.1. The molecule has 0 saturated heterocycles. The molecule has 15 heavy (non-hydrogen) atoms. The van der Waals surface area contributed by atoms with Crippen LogP contribution in [0.25, 0.3) is 0 Å². The first-order chi connectivity index (χ1) is 6.63. The lowest BCUT2D eigenvalue weighted by atomic mass is 9.97. The summed E-state index contributed by atoms with van der Waals surface area (Å²) in [6.45, 7) is 12.9. The summed E-state index contributed by atoms with van der Waals surface area (Å²) < 4.78 is 5.11. The van der Waals surface area contributed by atoms with E-state index in [0.29, 0.717) is 6.61 Å².